The van der Waals surface area contributed by atoms with Crippen molar-refractivity contribution >= 4 is 23.1 Å². The van der Waals surface area contributed by atoms with E-state index in [0.717, 1.165) is 5.56 Å². The second-order valence-electron chi connectivity index (χ2n) is 4.31. The third-order valence-electron chi connectivity index (χ3n) is 2.75. The molecule has 2 aromatic heterocycles. The Morgan fingerprint density at radius 1 is 1.00 bits per heavy atom. The molecule has 0 spiro atoms. The average molecular weight is 299 g/mol. The maximum atomic E-state index is 9.47. The first-order valence-corrected chi connectivity index (χ1v) is 6.59. The molecule has 0 saturated carbocycles. The highest BCUT2D eigenvalue weighted by molar-refractivity contribution is 6.29. The summed E-state index contributed by atoms with van der Waals surface area (Å²) in [4.78, 5) is 12.6. The number of anilines is 2. The van der Waals surface area contributed by atoms with Gasteiger partial charge < -0.3 is 10.4 Å². The quantitative estimate of drug-likeness (QED) is 0.722. The third kappa shape index (κ3) is 3.27. The molecule has 0 aliphatic rings. The van der Waals surface area contributed by atoms with Crippen molar-refractivity contribution in [2.24, 2.45) is 0 Å². The normalized spacial score (nSPS) is 10.3. The molecular formula is C15H11ClN4O. The molecule has 21 heavy (non-hydrogen) atoms. The number of phenolic OH excluding ortho intramolecular Hbond substituents is 1. The van der Waals surface area contributed by atoms with E-state index in [0.29, 0.717) is 22.5 Å². The summed E-state index contributed by atoms with van der Waals surface area (Å²) in [5, 5.41) is 12.9. The average Bonchev–Trinajstić information content (AvgIpc) is 2.47. The maximum absolute atomic E-state index is 9.47. The van der Waals surface area contributed by atoms with Gasteiger partial charge in [0.15, 0.2) is 5.82 Å². The van der Waals surface area contributed by atoms with Gasteiger partial charge in [-0.25, -0.2) is 9.97 Å². The Morgan fingerprint density at radius 2 is 1.81 bits per heavy atom. The topological polar surface area (TPSA) is 70.9 Å². The summed E-state index contributed by atoms with van der Waals surface area (Å²) in [6.07, 6.45) is 3.34. The number of pyridine rings is 1. The highest BCUT2D eigenvalue weighted by atomic mass is 35.5. The molecule has 0 bridgehead atoms. The van der Waals surface area contributed by atoms with E-state index >= 15 is 0 Å². The lowest BCUT2D eigenvalue weighted by atomic mass is 10.2. The molecule has 0 saturated heterocycles. The van der Waals surface area contributed by atoms with Crippen LogP contribution in [0.5, 0.6) is 5.75 Å². The molecule has 0 aliphatic carbocycles. The van der Waals surface area contributed by atoms with Gasteiger partial charge in [0.2, 0.25) is 0 Å². The van der Waals surface area contributed by atoms with E-state index in [1.807, 2.05) is 18.2 Å². The number of aromatic hydroxyl groups is 1. The lowest BCUT2D eigenvalue weighted by molar-refractivity contribution is 0.475. The largest absolute Gasteiger partial charge is 0.508 e. The highest BCUT2D eigenvalue weighted by Gasteiger charge is 2.06. The summed E-state index contributed by atoms with van der Waals surface area (Å²) in [6, 6.07) is 12.0. The van der Waals surface area contributed by atoms with Crippen molar-refractivity contribution in [2.45, 2.75) is 0 Å². The summed E-state index contributed by atoms with van der Waals surface area (Å²) < 4.78 is 0. The van der Waals surface area contributed by atoms with Gasteiger partial charge in [0.25, 0.3) is 0 Å². The molecule has 0 fully saturated rings. The first-order chi connectivity index (χ1) is 10.2. The maximum Gasteiger partial charge on any atom is 0.163 e. The van der Waals surface area contributed by atoms with Crippen molar-refractivity contribution in [3.8, 4) is 17.1 Å². The van der Waals surface area contributed by atoms with Crippen LogP contribution >= 0.6 is 11.6 Å². The van der Waals surface area contributed by atoms with Crippen LogP contribution in [0.2, 0.25) is 5.15 Å². The zero-order valence-corrected chi connectivity index (χ0v) is 11.6. The van der Waals surface area contributed by atoms with Gasteiger partial charge in [0.1, 0.15) is 16.7 Å². The number of halogens is 1. The van der Waals surface area contributed by atoms with Gasteiger partial charge in [-0.3, -0.25) is 4.98 Å². The molecule has 0 amide bonds. The van der Waals surface area contributed by atoms with Crippen molar-refractivity contribution in [3.63, 3.8) is 0 Å². The van der Waals surface area contributed by atoms with Gasteiger partial charge in [-0.1, -0.05) is 17.7 Å². The molecule has 0 atom stereocenters. The molecule has 3 aromatic rings. The Balaban J connectivity index is 1.95. The molecule has 5 nitrogen and oxygen atoms in total. The van der Waals surface area contributed by atoms with Gasteiger partial charge in [-0.2, -0.15) is 0 Å². The molecule has 104 valence electrons. The second kappa shape index (κ2) is 5.76. The number of nitrogens with zero attached hydrogens (tertiary/aromatic N) is 3. The third-order valence-corrected chi connectivity index (χ3v) is 2.95. The highest BCUT2D eigenvalue weighted by Crippen LogP contribution is 2.23. The zero-order chi connectivity index (χ0) is 14.7. The number of phenols is 1. The van der Waals surface area contributed by atoms with Crippen molar-refractivity contribution in [1.29, 1.82) is 0 Å². The first-order valence-electron chi connectivity index (χ1n) is 6.22. The van der Waals surface area contributed by atoms with Crippen molar-refractivity contribution in [2.75, 3.05) is 5.32 Å². The SMILES string of the molecule is Oc1cccc(Nc2cc(Cl)nc(-c3ccncc3)n2)c1. The molecule has 1 aromatic carbocycles. The van der Waals surface area contributed by atoms with Gasteiger partial charge in [-0.05, 0) is 24.3 Å². The minimum Gasteiger partial charge on any atom is -0.508 e. The number of hydrogen-bond donors (Lipinski definition) is 2. The second-order valence-corrected chi connectivity index (χ2v) is 4.70. The Hall–Kier alpha value is -2.66. The molecule has 0 aliphatic heterocycles. The van der Waals surface area contributed by atoms with Gasteiger partial charge in [-0.15, -0.1) is 0 Å². The Kier molecular flexibility index (Phi) is 3.66. The van der Waals surface area contributed by atoms with Crippen molar-refractivity contribution in [3.05, 3.63) is 60.0 Å². The minimum atomic E-state index is 0.175. The number of rotatable bonds is 3. The number of benzene rings is 1. The van der Waals surface area contributed by atoms with Crippen LogP contribution in [-0.2, 0) is 0 Å². The van der Waals surface area contributed by atoms with Crippen LogP contribution < -0.4 is 5.32 Å². The van der Waals surface area contributed by atoms with Gasteiger partial charge >= 0.3 is 0 Å². The van der Waals surface area contributed by atoms with E-state index in [4.69, 9.17) is 11.6 Å². The minimum absolute atomic E-state index is 0.175. The predicted molar refractivity (Wildman–Crippen MR) is 81.7 cm³/mol. The molecule has 6 heteroatoms. The Morgan fingerprint density at radius 3 is 2.57 bits per heavy atom. The fraction of sp³-hybridized carbons (Fsp3) is 0. The molecule has 0 unspecified atom stereocenters. The van der Waals surface area contributed by atoms with Crippen LogP contribution in [-0.4, -0.2) is 20.1 Å². The van der Waals surface area contributed by atoms with E-state index in [-0.39, 0.29) is 5.75 Å². The van der Waals surface area contributed by atoms with E-state index in [1.165, 1.54) is 0 Å². The smallest absolute Gasteiger partial charge is 0.163 e. The molecule has 2 N–H and O–H groups in total. The molecule has 0 radical (unpaired) electrons. The van der Waals surface area contributed by atoms with Crippen LogP contribution in [0, 0.1) is 0 Å². The van der Waals surface area contributed by atoms with E-state index < -0.39 is 0 Å². The van der Waals surface area contributed by atoms with Crippen LogP contribution in [0.15, 0.2) is 54.9 Å². The van der Waals surface area contributed by atoms with E-state index in [1.54, 1.807) is 36.7 Å². The standard InChI is InChI=1S/C15H11ClN4O/c16-13-9-14(18-11-2-1-3-12(21)8-11)20-15(19-13)10-4-6-17-7-5-10/h1-9,21H,(H,18,19,20). The fourth-order valence-corrected chi connectivity index (χ4v) is 2.03. The number of hydrogen-bond acceptors (Lipinski definition) is 5. The molecule has 2 heterocycles. The monoisotopic (exact) mass is 298 g/mol. The van der Waals surface area contributed by atoms with Crippen molar-refractivity contribution < 1.29 is 5.11 Å². The van der Waals surface area contributed by atoms with E-state index in [9.17, 15) is 5.11 Å². The first kappa shape index (κ1) is 13.3. The Labute approximate surface area is 126 Å². The van der Waals surface area contributed by atoms with Crippen LogP contribution in [0.4, 0.5) is 11.5 Å². The number of aromatic nitrogens is 3. The zero-order valence-electron chi connectivity index (χ0n) is 10.9. The summed E-state index contributed by atoms with van der Waals surface area (Å²) in [7, 11) is 0. The van der Waals surface area contributed by atoms with Crippen LogP contribution in [0.25, 0.3) is 11.4 Å². The van der Waals surface area contributed by atoms with Crippen molar-refractivity contribution in [1.82, 2.24) is 15.0 Å². The summed E-state index contributed by atoms with van der Waals surface area (Å²) >= 11 is 6.04. The summed E-state index contributed by atoms with van der Waals surface area (Å²) in [5.74, 6) is 1.23. The van der Waals surface area contributed by atoms with E-state index in [2.05, 4.69) is 20.3 Å². The molecule has 3 rings (SSSR count). The predicted octanol–water partition coefficient (Wildman–Crippen LogP) is 3.64. The van der Waals surface area contributed by atoms with Crippen LogP contribution in [0.1, 0.15) is 0 Å². The van der Waals surface area contributed by atoms with Crippen LogP contribution in [0.3, 0.4) is 0 Å². The lowest BCUT2D eigenvalue weighted by Crippen LogP contribution is -1.97. The van der Waals surface area contributed by atoms with Gasteiger partial charge in [0.05, 0.1) is 0 Å². The number of nitrogens with one attached hydrogen (secondary N) is 1. The Bertz CT molecular complexity index is 765. The fourth-order valence-electron chi connectivity index (χ4n) is 1.84. The van der Waals surface area contributed by atoms with Gasteiger partial charge in [0, 0.05) is 35.8 Å². The summed E-state index contributed by atoms with van der Waals surface area (Å²) in [6.45, 7) is 0. The lowest BCUT2D eigenvalue weighted by Gasteiger charge is -2.08. The molecular weight excluding hydrogens is 288 g/mol. The summed E-state index contributed by atoms with van der Waals surface area (Å²) in [5.41, 5.74) is 1.54.